The van der Waals surface area contributed by atoms with Crippen molar-refractivity contribution < 1.29 is 23.1 Å². The minimum Gasteiger partial charge on any atom is -0.548 e. The first-order chi connectivity index (χ1) is 8.81. The number of nitrogens with one attached hydrogen (secondary N) is 2. The van der Waals surface area contributed by atoms with Crippen LogP contribution < -0.4 is 15.1 Å². The molecule has 1 aromatic rings. The van der Waals surface area contributed by atoms with E-state index in [1.54, 1.807) is 12.1 Å². The van der Waals surface area contributed by atoms with Gasteiger partial charge < -0.3 is 15.2 Å². The Hall–Kier alpha value is -1.45. The number of carbonyl (C=O) groups is 2. The largest absolute Gasteiger partial charge is 0.548 e. The lowest BCUT2D eigenvalue weighted by Gasteiger charge is -2.08. The van der Waals surface area contributed by atoms with Gasteiger partial charge in [-0.3, -0.25) is 4.79 Å². The van der Waals surface area contributed by atoms with Gasteiger partial charge in [0.15, 0.2) is 0 Å². The highest BCUT2D eigenvalue weighted by Gasteiger charge is 2.14. The normalized spacial score (nSPS) is 11.0. The summed E-state index contributed by atoms with van der Waals surface area (Å²) >= 11 is 3.17. The van der Waals surface area contributed by atoms with Crippen LogP contribution in [0.4, 0.5) is 0 Å². The molecule has 7 nitrogen and oxygen atoms in total. The maximum atomic E-state index is 11.8. The molecule has 104 valence electrons. The summed E-state index contributed by atoms with van der Waals surface area (Å²) < 4.78 is 26.3. The van der Waals surface area contributed by atoms with E-state index in [1.165, 1.54) is 12.1 Å². The lowest BCUT2D eigenvalue weighted by Crippen LogP contribution is -2.42. The molecule has 0 bridgehead atoms. The molecule has 0 heterocycles. The molecule has 0 saturated heterocycles. The molecule has 0 unspecified atom stereocenters. The first-order valence-corrected chi connectivity index (χ1v) is 7.30. The molecule has 2 N–H and O–H groups in total. The molecule has 0 atom stereocenters. The van der Waals surface area contributed by atoms with Crippen molar-refractivity contribution in [2.45, 2.75) is 4.90 Å². The monoisotopic (exact) mass is 349 g/mol. The molecule has 1 rings (SSSR count). The van der Waals surface area contributed by atoms with Gasteiger partial charge in [-0.15, -0.1) is 0 Å². The molecule has 0 spiro atoms. The van der Waals surface area contributed by atoms with Crippen LogP contribution in [-0.4, -0.2) is 33.4 Å². The molecule has 9 heteroatoms. The van der Waals surface area contributed by atoms with Crippen LogP contribution in [-0.2, 0) is 19.6 Å². The molecule has 0 aromatic heterocycles. The van der Waals surface area contributed by atoms with Crippen LogP contribution in [0.25, 0.3) is 0 Å². The van der Waals surface area contributed by atoms with Gasteiger partial charge in [0.25, 0.3) is 0 Å². The molecule has 0 aliphatic rings. The number of carboxylic acids is 1. The minimum atomic E-state index is -3.81. The van der Waals surface area contributed by atoms with Crippen molar-refractivity contribution in [1.82, 2.24) is 10.0 Å². The molecule has 1 aromatic carbocycles. The Morgan fingerprint density at radius 1 is 1.16 bits per heavy atom. The standard InChI is InChI=1S/C10H11BrN2O5S/c11-7-1-3-8(4-2-7)19(17,18)13-5-9(14)12-6-10(15)16/h1-4,13H,5-6H2,(H,12,14)(H,15,16)/p-1. The average Bonchev–Trinajstić information content (AvgIpc) is 2.34. The van der Waals surface area contributed by atoms with E-state index in [-0.39, 0.29) is 4.90 Å². The third-order valence-electron chi connectivity index (χ3n) is 1.98. The number of aliphatic carboxylic acids is 1. The number of halogens is 1. The van der Waals surface area contributed by atoms with Gasteiger partial charge in [-0.25, -0.2) is 13.1 Å². The second-order valence-corrected chi connectivity index (χ2v) is 6.11. The van der Waals surface area contributed by atoms with Crippen LogP contribution >= 0.6 is 15.9 Å². The van der Waals surface area contributed by atoms with Gasteiger partial charge in [0.2, 0.25) is 15.9 Å². The fourth-order valence-corrected chi connectivity index (χ4v) is 2.34. The van der Waals surface area contributed by atoms with Gasteiger partial charge in [0.05, 0.1) is 24.0 Å². The zero-order valence-electron chi connectivity index (χ0n) is 9.55. The van der Waals surface area contributed by atoms with Gasteiger partial charge in [-0.1, -0.05) is 15.9 Å². The van der Waals surface area contributed by atoms with Crippen LogP contribution in [0, 0.1) is 0 Å². The molecule has 1 amide bonds. The highest BCUT2D eigenvalue weighted by Crippen LogP contribution is 2.14. The number of rotatable bonds is 6. The number of sulfonamides is 1. The molecule has 0 aliphatic carbocycles. The van der Waals surface area contributed by atoms with Crippen LogP contribution in [0.15, 0.2) is 33.6 Å². The Morgan fingerprint density at radius 3 is 2.26 bits per heavy atom. The summed E-state index contributed by atoms with van der Waals surface area (Å²) in [6.07, 6.45) is 0. The summed E-state index contributed by atoms with van der Waals surface area (Å²) in [4.78, 5) is 21.2. The Kier molecular flexibility index (Phi) is 5.45. The van der Waals surface area contributed by atoms with Crippen molar-refractivity contribution >= 4 is 37.8 Å². The van der Waals surface area contributed by atoms with E-state index in [0.717, 1.165) is 4.47 Å². The maximum absolute atomic E-state index is 11.8. The average molecular weight is 350 g/mol. The highest BCUT2D eigenvalue weighted by atomic mass is 79.9. The summed E-state index contributed by atoms with van der Waals surface area (Å²) in [6, 6.07) is 5.83. The topological polar surface area (TPSA) is 115 Å². The fraction of sp³-hybridized carbons (Fsp3) is 0.200. The smallest absolute Gasteiger partial charge is 0.241 e. The van der Waals surface area contributed by atoms with Gasteiger partial charge >= 0.3 is 0 Å². The Labute approximate surface area is 118 Å². The SMILES string of the molecule is O=C([O-])CNC(=O)CNS(=O)(=O)c1ccc(Br)cc1. The van der Waals surface area contributed by atoms with Crippen molar-refractivity contribution in [3.8, 4) is 0 Å². The third kappa shape index (κ3) is 5.37. The Bertz CT molecular complexity index is 570. The van der Waals surface area contributed by atoms with Crippen molar-refractivity contribution in [2.24, 2.45) is 0 Å². The number of benzene rings is 1. The Morgan fingerprint density at radius 2 is 1.74 bits per heavy atom. The lowest BCUT2D eigenvalue weighted by atomic mass is 10.4. The maximum Gasteiger partial charge on any atom is 0.241 e. The number of carbonyl (C=O) groups excluding carboxylic acids is 2. The van der Waals surface area contributed by atoms with Crippen LogP contribution in [0.3, 0.4) is 0 Å². The molecule has 0 aliphatic heterocycles. The van der Waals surface area contributed by atoms with Gasteiger partial charge in [-0.05, 0) is 24.3 Å². The van der Waals surface area contributed by atoms with E-state index in [1.807, 2.05) is 10.0 Å². The number of hydrogen-bond acceptors (Lipinski definition) is 5. The lowest BCUT2D eigenvalue weighted by molar-refractivity contribution is -0.304. The van der Waals surface area contributed by atoms with E-state index >= 15 is 0 Å². The van der Waals surface area contributed by atoms with Crippen LogP contribution in [0.2, 0.25) is 0 Å². The summed E-state index contributed by atoms with van der Waals surface area (Å²) in [5.41, 5.74) is 0. The summed E-state index contributed by atoms with van der Waals surface area (Å²) in [6.45, 7) is -1.22. The quantitative estimate of drug-likeness (QED) is 0.654. The van der Waals surface area contributed by atoms with E-state index in [9.17, 15) is 23.1 Å². The van der Waals surface area contributed by atoms with Gasteiger partial charge in [0.1, 0.15) is 0 Å². The molecular formula is C10H10BrN2O5S-. The van der Waals surface area contributed by atoms with E-state index in [0.29, 0.717) is 0 Å². The van der Waals surface area contributed by atoms with Crippen molar-refractivity contribution in [3.63, 3.8) is 0 Å². The number of hydrogen-bond donors (Lipinski definition) is 2. The van der Waals surface area contributed by atoms with Gasteiger partial charge in [-0.2, -0.15) is 0 Å². The zero-order chi connectivity index (χ0) is 14.5. The highest BCUT2D eigenvalue weighted by molar-refractivity contribution is 9.10. The Balaban J connectivity index is 2.58. The summed E-state index contributed by atoms with van der Waals surface area (Å²) in [5.74, 6) is -2.21. The number of amides is 1. The first kappa shape index (κ1) is 15.6. The number of carboxylic acid groups (broad SMARTS) is 1. The van der Waals surface area contributed by atoms with Crippen LogP contribution in [0.1, 0.15) is 0 Å². The van der Waals surface area contributed by atoms with E-state index < -0.39 is 35.0 Å². The van der Waals surface area contributed by atoms with Crippen molar-refractivity contribution in [3.05, 3.63) is 28.7 Å². The zero-order valence-corrected chi connectivity index (χ0v) is 12.0. The second-order valence-electron chi connectivity index (χ2n) is 3.43. The molecule has 0 radical (unpaired) electrons. The molecule has 0 fully saturated rings. The van der Waals surface area contributed by atoms with Crippen molar-refractivity contribution in [2.75, 3.05) is 13.1 Å². The molecule has 0 saturated carbocycles. The minimum absolute atomic E-state index is 0.00315. The second kappa shape index (κ2) is 6.64. The van der Waals surface area contributed by atoms with E-state index in [4.69, 9.17) is 0 Å². The summed E-state index contributed by atoms with van der Waals surface area (Å²) in [7, 11) is -3.81. The van der Waals surface area contributed by atoms with E-state index in [2.05, 4.69) is 15.9 Å². The molecule has 19 heavy (non-hydrogen) atoms. The van der Waals surface area contributed by atoms with Gasteiger partial charge in [0, 0.05) is 4.47 Å². The van der Waals surface area contributed by atoms with Crippen LogP contribution in [0.5, 0.6) is 0 Å². The predicted molar refractivity (Wildman–Crippen MR) is 67.3 cm³/mol. The molecular weight excluding hydrogens is 340 g/mol. The van der Waals surface area contributed by atoms with Crippen molar-refractivity contribution in [1.29, 1.82) is 0 Å². The third-order valence-corrected chi connectivity index (χ3v) is 3.92. The fourth-order valence-electron chi connectivity index (χ4n) is 1.09. The summed E-state index contributed by atoms with van der Waals surface area (Å²) in [5, 5.41) is 12.1. The predicted octanol–water partition coefficient (Wildman–Crippen LogP) is -1.41. The first-order valence-electron chi connectivity index (χ1n) is 5.03.